The normalized spacial score (nSPS) is 19.8. The van der Waals surface area contributed by atoms with Gasteiger partial charge in [-0.1, -0.05) is 18.2 Å². The molecule has 2 nitrogen and oxygen atoms in total. The van der Waals surface area contributed by atoms with E-state index < -0.39 is 7.95 Å². The minimum atomic E-state index is -1.33. The molecule has 0 aliphatic carbocycles. The minimum absolute atomic E-state index is 0.865. The molecule has 1 aromatic carbocycles. The molecule has 1 aliphatic heterocycles. The Morgan fingerprint density at radius 2 is 2.17 bits per heavy atom. The standard InChI is InChI=1S/C9H11NOP/c11-12-9-6-2-1-4-8(9)5-3-7-10-12/h1-2,4,6H,3,5,7H2,(H,10,11)/q+1. The highest BCUT2D eigenvalue weighted by Gasteiger charge is 2.25. The fraction of sp³-hybridized carbons (Fsp3) is 0.333. The molecule has 0 spiro atoms. The number of hydrogen-bond acceptors (Lipinski definition) is 1. The molecule has 1 atom stereocenters. The minimum Gasteiger partial charge on any atom is -0.104 e. The molecule has 1 heterocycles. The Labute approximate surface area is 72.8 Å². The van der Waals surface area contributed by atoms with Gasteiger partial charge < -0.3 is 0 Å². The van der Waals surface area contributed by atoms with Crippen molar-refractivity contribution in [3.05, 3.63) is 29.8 Å². The largest absolute Gasteiger partial charge is 0.471 e. The molecule has 62 valence electrons. The molecule has 1 unspecified atom stereocenters. The Morgan fingerprint density at radius 3 is 3.08 bits per heavy atom. The summed E-state index contributed by atoms with van der Waals surface area (Å²) >= 11 is 0. The quantitative estimate of drug-likeness (QED) is 0.614. The molecular weight excluding hydrogens is 169 g/mol. The van der Waals surface area contributed by atoms with Crippen LogP contribution in [0, 0.1) is 0 Å². The van der Waals surface area contributed by atoms with Gasteiger partial charge in [-0.25, -0.2) is 0 Å². The molecule has 1 aromatic rings. The van der Waals surface area contributed by atoms with Gasteiger partial charge in [0.1, 0.15) is 0 Å². The van der Waals surface area contributed by atoms with E-state index in [1.807, 2.05) is 18.2 Å². The number of nitrogens with one attached hydrogen (secondary N) is 1. The van der Waals surface area contributed by atoms with E-state index in [2.05, 4.69) is 11.2 Å². The van der Waals surface area contributed by atoms with Crippen molar-refractivity contribution in [3.8, 4) is 0 Å². The summed E-state index contributed by atoms with van der Waals surface area (Å²) in [7, 11) is -1.33. The third-order valence-electron chi connectivity index (χ3n) is 2.09. The van der Waals surface area contributed by atoms with Crippen LogP contribution < -0.4 is 10.4 Å². The zero-order chi connectivity index (χ0) is 8.39. The number of fused-ring (bicyclic) bond motifs is 1. The van der Waals surface area contributed by atoms with E-state index in [-0.39, 0.29) is 0 Å². The second-order valence-electron chi connectivity index (χ2n) is 2.93. The van der Waals surface area contributed by atoms with Crippen LogP contribution in [0.1, 0.15) is 12.0 Å². The average molecular weight is 180 g/mol. The van der Waals surface area contributed by atoms with Gasteiger partial charge in [-0.2, -0.15) is 0 Å². The molecular formula is C9H11NOP+. The Balaban J connectivity index is 2.46. The van der Waals surface area contributed by atoms with Crippen molar-refractivity contribution in [3.63, 3.8) is 0 Å². The summed E-state index contributed by atoms with van der Waals surface area (Å²) in [6, 6.07) is 7.97. The molecule has 0 radical (unpaired) electrons. The fourth-order valence-electron chi connectivity index (χ4n) is 1.46. The summed E-state index contributed by atoms with van der Waals surface area (Å²) in [5.74, 6) is 0. The lowest BCUT2D eigenvalue weighted by molar-refractivity contribution is 0.585. The molecule has 0 fully saturated rings. The molecule has 0 aromatic heterocycles. The van der Waals surface area contributed by atoms with Gasteiger partial charge in [0.2, 0.25) is 5.30 Å². The van der Waals surface area contributed by atoms with Gasteiger partial charge in [0, 0.05) is 12.1 Å². The highest BCUT2D eigenvalue weighted by Crippen LogP contribution is 2.20. The Morgan fingerprint density at radius 1 is 1.33 bits per heavy atom. The zero-order valence-corrected chi connectivity index (χ0v) is 7.68. The van der Waals surface area contributed by atoms with E-state index in [0.717, 1.165) is 24.7 Å². The van der Waals surface area contributed by atoms with Gasteiger partial charge in [0.15, 0.2) is 0 Å². The maximum absolute atomic E-state index is 11.5. The van der Waals surface area contributed by atoms with Crippen LogP contribution >= 0.6 is 7.95 Å². The summed E-state index contributed by atoms with van der Waals surface area (Å²) in [6.45, 7) is 0.865. The Bertz CT molecular complexity index is 311. The Kier molecular flexibility index (Phi) is 2.20. The van der Waals surface area contributed by atoms with Crippen LogP contribution in [-0.4, -0.2) is 6.54 Å². The van der Waals surface area contributed by atoms with E-state index in [1.165, 1.54) is 5.56 Å². The van der Waals surface area contributed by atoms with Crippen molar-refractivity contribution in [1.82, 2.24) is 5.09 Å². The van der Waals surface area contributed by atoms with Crippen molar-refractivity contribution < 1.29 is 4.57 Å². The maximum atomic E-state index is 11.5. The lowest BCUT2D eigenvalue weighted by atomic mass is 10.1. The third kappa shape index (κ3) is 1.40. The first-order chi connectivity index (χ1) is 5.88. The van der Waals surface area contributed by atoms with E-state index in [1.54, 1.807) is 0 Å². The van der Waals surface area contributed by atoms with Crippen LogP contribution in [0.3, 0.4) is 0 Å². The van der Waals surface area contributed by atoms with E-state index in [4.69, 9.17) is 0 Å². The highest BCUT2D eigenvalue weighted by molar-refractivity contribution is 7.51. The third-order valence-corrected chi connectivity index (χ3v) is 3.47. The van der Waals surface area contributed by atoms with Crippen molar-refractivity contribution >= 4 is 13.3 Å². The van der Waals surface area contributed by atoms with Gasteiger partial charge in [0.05, 0.1) is 0 Å². The number of hydrogen-bond donors (Lipinski definition) is 1. The molecule has 2 rings (SSSR count). The van der Waals surface area contributed by atoms with Crippen molar-refractivity contribution in [1.29, 1.82) is 0 Å². The first-order valence-electron chi connectivity index (χ1n) is 4.16. The summed E-state index contributed by atoms with van der Waals surface area (Å²) in [5, 5.41) is 4.00. The SMILES string of the molecule is O=[P+]1NCCCc2ccccc21. The molecule has 1 aliphatic rings. The van der Waals surface area contributed by atoms with Gasteiger partial charge in [-0.3, -0.25) is 0 Å². The second kappa shape index (κ2) is 3.34. The van der Waals surface area contributed by atoms with Crippen LogP contribution in [0.5, 0.6) is 0 Å². The van der Waals surface area contributed by atoms with Gasteiger partial charge in [-0.15, -0.1) is 5.09 Å². The molecule has 0 saturated heterocycles. The summed E-state index contributed by atoms with van der Waals surface area (Å²) in [4.78, 5) is 0. The topological polar surface area (TPSA) is 29.1 Å². The molecule has 1 N–H and O–H groups in total. The van der Waals surface area contributed by atoms with E-state index >= 15 is 0 Å². The molecule has 0 saturated carbocycles. The highest BCUT2D eigenvalue weighted by atomic mass is 31.1. The van der Waals surface area contributed by atoms with Crippen molar-refractivity contribution in [2.24, 2.45) is 0 Å². The maximum Gasteiger partial charge on any atom is 0.471 e. The van der Waals surface area contributed by atoms with Gasteiger partial charge in [0.25, 0.3) is 0 Å². The predicted molar refractivity (Wildman–Crippen MR) is 50.0 cm³/mol. The zero-order valence-electron chi connectivity index (χ0n) is 6.79. The first kappa shape index (κ1) is 7.90. The van der Waals surface area contributed by atoms with Gasteiger partial charge in [-0.05, 0) is 23.5 Å². The van der Waals surface area contributed by atoms with Crippen LogP contribution in [-0.2, 0) is 11.0 Å². The van der Waals surface area contributed by atoms with Crippen molar-refractivity contribution in [2.75, 3.05) is 6.54 Å². The molecule has 12 heavy (non-hydrogen) atoms. The van der Waals surface area contributed by atoms with Crippen LogP contribution in [0.15, 0.2) is 24.3 Å². The van der Waals surface area contributed by atoms with Crippen LogP contribution in [0.25, 0.3) is 0 Å². The lowest BCUT2D eigenvalue weighted by Crippen LogP contribution is -2.09. The monoisotopic (exact) mass is 180 g/mol. The Hall–Kier alpha value is -0.720. The summed E-state index contributed by atoms with van der Waals surface area (Å²) in [6.07, 6.45) is 2.13. The number of aryl methyl sites for hydroxylation is 1. The number of benzene rings is 1. The summed E-state index contributed by atoms with van der Waals surface area (Å²) < 4.78 is 11.5. The first-order valence-corrected chi connectivity index (χ1v) is 5.42. The molecule has 3 heteroatoms. The summed E-state index contributed by atoms with van der Waals surface area (Å²) in [5.41, 5.74) is 1.24. The lowest BCUT2D eigenvalue weighted by Gasteiger charge is -1.93. The second-order valence-corrected chi connectivity index (χ2v) is 4.32. The smallest absolute Gasteiger partial charge is 0.104 e. The van der Waals surface area contributed by atoms with Crippen molar-refractivity contribution in [2.45, 2.75) is 12.8 Å². The average Bonchev–Trinajstić information content (AvgIpc) is 2.29. The van der Waals surface area contributed by atoms with Gasteiger partial charge >= 0.3 is 7.95 Å². The molecule has 0 amide bonds. The fourth-order valence-corrected chi connectivity index (χ4v) is 2.67. The van der Waals surface area contributed by atoms with Crippen LogP contribution in [0.2, 0.25) is 0 Å². The molecule has 0 bridgehead atoms. The van der Waals surface area contributed by atoms with E-state index in [0.29, 0.717) is 0 Å². The van der Waals surface area contributed by atoms with Crippen LogP contribution in [0.4, 0.5) is 0 Å². The van der Waals surface area contributed by atoms with E-state index in [9.17, 15) is 4.57 Å². The number of rotatable bonds is 0. The predicted octanol–water partition coefficient (Wildman–Crippen LogP) is 1.59.